The number of hydrogen-bond donors (Lipinski definition) is 2. The van der Waals surface area contributed by atoms with Gasteiger partial charge in [0, 0.05) is 12.6 Å². The second-order valence-electron chi connectivity index (χ2n) is 5.85. The molecule has 3 rings (SSSR count). The number of nitrogens with two attached hydrogens (primary N) is 1. The van der Waals surface area contributed by atoms with Gasteiger partial charge < -0.3 is 20.5 Å². The lowest BCUT2D eigenvalue weighted by Gasteiger charge is -2.23. The molecule has 4 nitrogen and oxygen atoms in total. The Morgan fingerprint density at radius 3 is 2.86 bits per heavy atom. The van der Waals surface area contributed by atoms with Gasteiger partial charge in [0.1, 0.15) is 13.2 Å². The minimum absolute atomic E-state index is 0.109. The second kappa shape index (κ2) is 6.86. The summed E-state index contributed by atoms with van der Waals surface area (Å²) in [6.45, 7) is 2.64. The molecule has 1 fully saturated rings. The Morgan fingerprint density at radius 1 is 1.29 bits per heavy atom. The SMILES string of the molecule is NCC(NCCCC1CC1)c1cc(Cl)c2c(c1)OCCO2. The van der Waals surface area contributed by atoms with Crippen molar-refractivity contribution in [3.8, 4) is 11.5 Å². The lowest BCUT2D eigenvalue weighted by molar-refractivity contribution is 0.171. The van der Waals surface area contributed by atoms with Crippen molar-refractivity contribution in [1.82, 2.24) is 5.32 Å². The topological polar surface area (TPSA) is 56.5 Å². The molecule has 1 heterocycles. The van der Waals surface area contributed by atoms with Crippen LogP contribution in [0.2, 0.25) is 5.02 Å². The van der Waals surface area contributed by atoms with Crippen molar-refractivity contribution in [3.63, 3.8) is 0 Å². The van der Waals surface area contributed by atoms with Crippen LogP contribution in [0.25, 0.3) is 0 Å². The fourth-order valence-electron chi connectivity index (χ4n) is 2.74. The van der Waals surface area contributed by atoms with Gasteiger partial charge in [-0.15, -0.1) is 0 Å². The predicted octanol–water partition coefficient (Wildman–Crippen LogP) is 2.89. The van der Waals surface area contributed by atoms with Gasteiger partial charge in [0.15, 0.2) is 11.5 Å². The molecule has 2 aliphatic rings. The first kappa shape index (κ1) is 14.9. The van der Waals surface area contributed by atoms with Crippen LogP contribution in [-0.2, 0) is 0 Å². The van der Waals surface area contributed by atoms with Crippen LogP contribution in [-0.4, -0.2) is 26.3 Å². The van der Waals surface area contributed by atoms with Crippen LogP contribution >= 0.6 is 11.6 Å². The van der Waals surface area contributed by atoms with Crippen molar-refractivity contribution >= 4 is 11.6 Å². The molecule has 1 saturated carbocycles. The summed E-state index contributed by atoms with van der Waals surface area (Å²) in [7, 11) is 0. The Labute approximate surface area is 130 Å². The van der Waals surface area contributed by atoms with Gasteiger partial charge in [-0.25, -0.2) is 0 Å². The van der Waals surface area contributed by atoms with Crippen LogP contribution in [0.4, 0.5) is 0 Å². The van der Waals surface area contributed by atoms with E-state index in [4.69, 9.17) is 26.8 Å². The van der Waals surface area contributed by atoms with Gasteiger partial charge >= 0.3 is 0 Å². The smallest absolute Gasteiger partial charge is 0.179 e. The number of rotatable bonds is 7. The molecule has 1 atom stereocenters. The molecule has 0 aromatic heterocycles. The number of ether oxygens (including phenoxy) is 2. The predicted molar refractivity (Wildman–Crippen MR) is 84.2 cm³/mol. The molecular formula is C16H23ClN2O2. The molecule has 0 bridgehead atoms. The summed E-state index contributed by atoms with van der Waals surface area (Å²) in [6.07, 6.45) is 5.36. The summed E-state index contributed by atoms with van der Waals surface area (Å²) < 4.78 is 11.2. The summed E-state index contributed by atoms with van der Waals surface area (Å²) in [4.78, 5) is 0. The van der Waals surface area contributed by atoms with E-state index in [1.54, 1.807) is 0 Å². The highest BCUT2D eigenvalue weighted by molar-refractivity contribution is 6.32. The summed E-state index contributed by atoms with van der Waals surface area (Å²) >= 11 is 6.29. The standard InChI is InChI=1S/C16H23ClN2O2/c17-13-8-12(9-15-16(13)21-7-6-20-15)14(10-18)19-5-1-2-11-3-4-11/h8-9,11,14,19H,1-7,10,18H2. The number of benzene rings is 1. The van der Waals surface area contributed by atoms with Crippen LogP contribution < -0.4 is 20.5 Å². The first-order chi connectivity index (χ1) is 10.3. The number of halogens is 1. The van der Waals surface area contributed by atoms with Gasteiger partial charge in [-0.1, -0.05) is 24.4 Å². The Kier molecular flexibility index (Phi) is 4.88. The zero-order valence-electron chi connectivity index (χ0n) is 12.2. The van der Waals surface area contributed by atoms with Crippen molar-refractivity contribution in [1.29, 1.82) is 0 Å². The molecule has 1 aromatic rings. The molecular weight excluding hydrogens is 288 g/mol. The van der Waals surface area contributed by atoms with Gasteiger partial charge in [0.2, 0.25) is 0 Å². The van der Waals surface area contributed by atoms with Crippen molar-refractivity contribution < 1.29 is 9.47 Å². The van der Waals surface area contributed by atoms with E-state index in [1.807, 2.05) is 12.1 Å². The van der Waals surface area contributed by atoms with Gasteiger partial charge in [-0.05, 0) is 43.0 Å². The fourth-order valence-corrected chi connectivity index (χ4v) is 3.02. The molecule has 1 unspecified atom stereocenters. The third-order valence-electron chi connectivity index (χ3n) is 4.13. The number of nitrogens with one attached hydrogen (secondary N) is 1. The molecule has 1 aliphatic carbocycles. The van der Waals surface area contributed by atoms with E-state index in [1.165, 1.54) is 25.7 Å². The van der Waals surface area contributed by atoms with Crippen molar-refractivity contribution in [2.45, 2.75) is 31.7 Å². The largest absolute Gasteiger partial charge is 0.486 e. The van der Waals surface area contributed by atoms with Crippen molar-refractivity contribution in [2.24, 2.45) is 11.7 Å². The van der Waals surface area contributed by atoms with E-state index in [2.05, 4.69) is 5.32 Å². The molecule has 0 saturated heterocycles. The number of hydrogen-bond acceptors (Lipinski definition) is 4. The summed E-state index contributed by atoms with van der Waals surface area (Å²) in [5, 5.41) is 4.12. The lowest BCUT2D eigenvalue weighted by Crippen LogP contribution is -2.29. The Balaban J connectivity index is 1.63. The minimum Gasteiger partial charge on any atom is -0.486 e. The van der Waals surface area contributed by atoms with Gasteiger partial charge in [-0.3, -0.25) is 0 Å². The van der Waals surface area contributed by atoms with Crippen LogP contribution in [0, 0.1) is 5.92 Å². The molecule has 21 heavy (non-hydrogen) atoms. The quantitative estimate of drug-likeness (QED) is 0.760. The highest BCUT2D eigenvalue weighted by Gasteiger charge is 2.21. The number of fused-ring (bicyclic) bond motifs is 1. The third-order valence-corrected chi connectivity index (χ3v) is 4.41. The van der Waals surface area contributed by atoms with Crippen LogP contribution in [0.5, 0.6) is 11.5 Å². The maximum Gasteiger partial charge on any atom is 0.179 e. The highest BCUT2D eigenvalue weighted by Crippen LogP contribution is 2.39. The maximum atomic E-state index is 6.29. The molecule has 0 amide bonds. The monoisotopic (exact) mass is 310 g/mol. The molecule has 3 N–H and O–H groups in total. The van der Waals surface area contributed by atoms with E-state index in [9.17, 15) is 0 Å². The molecule has 0 spiro atoms. The second-order valence-corrected chi connectivity index (χ2v) is 6.26. The first-order valence-electron chi connectivity index (χ1n) is 7.80. The molecule has 5 heteroatoms. The van der Waals surface area contributed by atoms with E-state index >= 15 is 0 Å². The lowest BCUT2D eigenvalue weighted by atomic mass is 10.1. The Bertz CT molecular complexity index is 491. The Morgan fingerprint density at radius 2 is 2.10 bits per heavy atom. The minimum atomic E-state index is 0.109. The first-order valence-corrected chi connectivity index (χ1v) is 8.18. The van der Waals surface area contributed by atoms with Crippen LogP contribution in [0.1, 0.15) is 37.3 Å². The van der Waals surface area contributed by atoms with Crippen molar-refractivity contribution in [2.75, 3.05) is 26.3 Å². The van der Waals surface area contributed by atoms with Crippen molar-refractivity contribution in [3.05, 3.63) is 22.7 Å². The summed E-state index contributed by atoms with van der Waals surface area (Å²) in [6, 6.07) is 4.03. The van der Waals surface area contributed by atoms with Gasteiger partial charge in [0.25, 0.3) is 0 Å². The highest BCUT2D eigenvalue weighted by atomic mass is 35.5. The van der Waals surface area contributed by atoms with Crippen LogP contribution in [0.3, 0.4) is 0 Å². The van der Waals surface area contributed by atoms with E-state index in [-0.39, 0.29) is 6.04 Å². The van der Waals surface area contributed by atoms with E-state index in [0.717, 1.165) is 23.8 Å². The van der Waals surface area contributed by atoms with Gasteiger partial charge in [-0.2, -0.15) is 0 Å². The van der Waals surface area contributed by atoms with Gasteiger partial charge in [0.05, 0.1) is 5.02 Å². The molecule has 116 valence electrons. The molecule has 0 radical (unpaired) electrons. The average Bonchev–Trinajstić information content (AvgIpc) is 3.31. The molecule has 1 aromatic carbocycles. The summed E-state index contributed by atoms with van der Waals surface area (Å²) in [5.74, 6) is 2.35. The Hall–Kier alpha value is -0.970. The summed E-state index contributed by atoms with van der Waals surface area (Å²) in [5.41, 5.74) is 6.98. The zero-order valence-corrected chi connectivity index (χ0v) is 13.0. The van der Waals surface area contributed by atoms with E-state index in [0.29, 0.717) is 30.5 Å². The molecule has 1 aliphatic heterocycles. The third kappa shape index (κ3) is 3.82. The van der Waals surface area contributed by atoms with E-state index < -0.39 is 0 Å². The fraction of sp³-hybridized carbons (Fsp3) is 0.625. The normalized spacial score (nSPS) is 18.6. The van der Waals surface area contributed by atoms with Crippen LogP contribution in [0.15, 0.2) is 12.1 Å². The maximum absolute atomic E-state index is 6.29. The zero-order chi connectivity index (χ0) is 14.7. The average molecular weight is 311 g/mol.